The first-order chi connectivity index (χ1) is 13.8. The minimum absolute atomic E-state index is 0.0505. The molecule has 9 heteroatoms. The van der Waals surface area contributed by atoms with E-state index in [1.54, 1.807) is 12.1 Å². The molecule has 8 nitrogen and oxygen atoms in total. The zero-order chi connectivity index (χ0) is 21.0. The first kappa shape index (κ1) is 21.7. The number of amides is 2. The topological polar surface area (TPSA) is 108 Å². The van der Waals surface area contributed by atoms with Crippen molar-refractivity contribution < 1.29 is 18.0 Å². The molecule has 1 heterocycles. The second-order valence-corrected chi connectivity index (χ2v) is 9.95. The maximum atomic E-state index is 12.8. The number of hydrogen-bond acceptors (Lipinski definition) is 5. The lowest BCUT2D eigenvalue weighted by Gasteiger charge is -2.30. The van der Waals surface area contributed by atoms with Crippen molar-refractivity contribution in [3.8, 4) is 0 Å². The molecule has 3 N–H and O–H groups in total. The number of nitrogens with zero attached hydrogens (tertiary/aromatic N) is 1. The summed E-state index contributed by atoms with van der Waals surface area (Å²) in [7, 11) is -1.17. The Labute approximate surface area is 172 Å². The van der Waals surface area contributed by atoms with E-state index in [2.05, 4.69) is 10.6 Å². The Kier molecular flexibility index (Phi) is 6.92. The zero-order valence-corrected chi connectivity index (χ0v) is 17.8. The molecule has 0 bridgehead atoms. The fraction of sp³-hybridized carbons (Fsp3) is 0.600. The van der Waals surface area contributed by atoms with Crippen molar-refractivity contribution >= 4 is 27.7 Å². The molecule has 1 aliphatic heterocycles. The molecule has 3 rings (SSSR count). The molecular weight excluding hydrogens is 392 g/mol. The van der Waals surface area contributed by atoms with Crippen molar-refractivity contribution in [3.63, 3.8) is 0 Å². The van der Waals surface area contributed by atoms with Crippen LogP contribution in [0, 0.1) is 11.8 Å². The quantitative estimate of drug-likeness (QED) is 0.647. The molecule has 2 aliphatic rings. The molecule has 1 aromatic rings. The molecule has 1 saturated carbocycles. The molecule has 1 saturated heterocycles. The first-order valence-corrected chi connectivity index (χ1v) is 11.6. The normalized spacial score (nSPS) is 23.1. The van der Waals surface area contributed by atoms with Gasteiger partial charge in [-0.3, -0.25) is 9.59 Å². The third-order valence-electron chi connectivity index (χ3n) is 5.92. The van der Waals surface area contributed by atoms with Crippen LogP contribution in [-0.2, 0) is 15.0 Å². The standard InChI is InChI=1S/C20H30N4O4S/c1-24(2)29(27,28)23-19(25)15-8-10-16(11-9-15)22-20(26)18-17(12-13-21-18)14-6-4-3-5-7-14/h8-11,14,17-18,21H,3-7,12-13H2,1-2H3,(H,22,26)(H,23,25)/t17-,18?/m0/s1. The average Bonchev–Trinajstić information content (AvgIpc) is 3.19. The van der Waals surface area contributed by atoms with Crippen LogP contribution in [-0.4, -0.2) is 51.2 Å². The Morgan fingerprint density at radius 1 is 1.03 bits per heavy atom. The lowest BCUT2D eigenvalue weighted by atomic mass is 9.76. The molecule has 0 radical (unpaired) electrons. The van der Waals surface area contributed by atoms with E-state index >= 15 is 0 Å². The van der Waals surface area contributed by atoms with Crippen LogP contribution in [0.4, 0.5) is 5.69 Å². The molecule has 29 heavy (non-hydrogen) atoms. The van der Waals surface area contributed by atoms with Gasteiger partial charge in [-0.2, -0.15) is 12.7 Å². The highest BCUT2D eigenvalue weighted by Gasteiger charge is 2.38. The lowest BCUT2D eigenvalue weighted by molar-refractivity contribution is -0.119. The third kappa shape index (κ3) is 5.34. The Bertz CT molecular complexity index is 833. The molecule has 1 aromatic carbocycles. The van der Waals surface area contributed by atoms with Gasteiger partial charge in [-0.15, -0.1) is 0 Å². The van der Waals surface area contributed by atoms with Gasteiger partial charge in [-0.25, -0.2) is 4.72 Å². The van der Waals surface area contributed by atoms with Gasteiger partial charge in [0.1, 0.15) is 0 Å². The zero-order valence-electron chi connectivity index (χ0n) is 17.0. The Hall–Kier alpha value is -1.97. The Morgan fingerprint density at radius 2 is 1.69 bits per heavy atom. The van der Waals surface area contributed by atoms with Crippen LogP contribution >= 0.6 is 0 Å². The number of hydrogen-bond donors (Lipinski definition) is 3. The van der Waals surface area contributed by atoms with E-state index in [1.165, 1.54) is 58.3 Å². The van der Waals surface area contributed by atoms with E-state index in [0.29, 0.717) is 17.5 Å². The minimum Gasteiger partial charge on any atom is -0.325 e. The van der Waals surface area contributed by atoms with Gasteiger partial charge in [0.05, 0.1) is 6.04 Å². The average molecular weight is 423 g/mol. The highest BCUT2D eigenvalue weighted by atomic mass is 32.2. The molecule has 0 spiro atoms. The van der Waals surface area contributed by atoms with Crippen LogP contribution in [0.3, 0.4) is 0 Å². The van der Waals surface area contributed by atoms with Gasteiger partial charge in [0.15, 0.2) is 0 Å². The molecule has 2 fully saturated rings. The largest absolute Gasteiger partial charge is 0.325 e. The van der Waals surface area contributed by atoms with Gasteiger partial charge in [0.2, 0.25) is 5.91 Å². The Morgan fingerprint density at radius 3 is 2.31 bits per heavy atom. The van der Waals surface area contributed by atoms with Crippen LogP contribution in [0.2, 0.25) is 0 Å². The Balaban J connectivity index is 1.60. The second kappa shape index (κ2) is 9.23. The van der Waals surface area contributed by atoms with Gasteiger partial charge in [0.25, 0.3) is 5.91 Å². The summed E-state index contributed by atoms with van der Waals surface area (Å²) in [6.07, 6.45) is 7.24. The van der Waals surface area contributed by atoms with E-state index in [9.17, 15) is 18.0 Å². The van der Waals surface area contributed by atoms with Gasteiger partial charge >= 0.3 is 10.2 Å². The molecule has 0 aromatic heterocycles. The predicted molar refractivity (Wildman–Crippen MR) is 112 cm³/mol. The molecule has 2 atom stereocenters. The summed E-state index contributed by atoms with van der Waals surface area (Å²) in [5.74, 6) is 0.215. The van der Waals surface area contributed by atoms with Gasteiger partial charge in [-0.1, -0.05) is 32.1 Å². The molecule has 1 unspecified atom stereocenters. The summed E-state index contributed by atoms with van der Waals surface area (Å²) in [5.41, 5.74) is 0.783. The summed E-state index contributed by atoms with van der Waals surface area (Å²) in [6.45, 7) is 0.860. The first-order valence-electron chi connectivity index (χ1n) is 10.2. The molecule has 1 aliphatic carbocycles. The number of benzene rings is 1. The van der Waals surface area contributed by atoms with Crippen LogP contribution in [0.1, 0.15) is 48.9 Å². The minimum atomic E-state index is -3.85. The molecule has 160 valence electrons. The number of rotatable bonds is 6. The van der Waals surface area contributed by atoms with Crippen LogP contribution in [0.25, 0.3) is 0 Å². The van der Waals surface area contributed by atoms with Crippen molar-refractivity contribution in [2.24, 2.45) is 11.8 Å². The van der Waals surface area contributed by atoms with E-state index in [-0.39, 0.29) is 17.5 Å². The van der Waals surface area contributed by atoms with E-state index in [0.717, 1.165) is 17.3 Å². The molecule has 2 amide bonds. The summed E-state index contributed by atoms with van der Waals surface area (Å²) >= 11 is 0. The van der Waals surface area contributed by atoms with Crippen molar-refractivity contribution in [1.29, 1.82) is 0 Å². The van der Waals surface area contributed by atoms with Crippen LogP contribution in [0.5, 0.6) is 0 Å². The van der Waals surface area contributed by atoms with Gasteiger partial charge in [0, 0.05) is 25.3 Å². The van der Waals surface area contributed by atoms with E-state index in [4.69, 9.17) is 0 Å². The smallest absolute Gasteiger partial charge is 0.303 e. The van der Waals surface area contributed by atoms with Crippen molar-refractivity contribution in [3.05, 3.63) is 29.8 Å². The van der Waals surface area contributed by atoms with Gasteiger partial charge < -0.3 is 10.6 Å². The lowest BCUT2D eigenvalue weighted by Crippen LogP contribution is -2.42. The molecular formula is C20H30N4O4S. The monoisotopic (exact) mass is 422 g/mol. The fourth-order valence-electron chi connectivity index (χ4n) is 4.27. The number of carbonyl (C=O) groups excluding carboxylic acids is 2. The SMILES string of the molecule is CN(C)S(=O)(=O)NC(=O)c1ccc(NC(=O)C2NCC[C@H]2C2CCCCC2)cc1. The van der Waals surface area contributed by atoms with Gasteiger partial charge in [-0.05, 0) is 49.1 Å². The van der Waals surface area contributed by atoms with E-state index in [1.807, 2.05) is 4.72 Å². The highest BCUT2D eigenvalue weighted by Crippen LogP contribution is 2.36. The van der Waals surface area contributed by atoms with Crippen molar-refractivity contribution in [2.75, 3.05) is 26.0 Å². The second-order valence-electron chi connectivity index (χ2n) is 8.07. The van der Waals surface area contributed by atoms with Crippen LogP contribution in [0.15, 0.2) is 24.3 Å². The summed E-state index contributed by atoms with van der Waals surface area (Å²) < 4.78 is 26.4. The summed E-state index contributed by atoms with van der Waals surface area (Å²) in [5, 5.41) is 6.27. The van der Waals surface area contributed by atoms with E-state index < -0.39 is 16.1 Å². The third-order valence-corrected chi connectivity index (χ3v) is 7.33. The maximum Gasteiger partial charge on any atom is 0.303 e. The summed E-state index contributed by atoms with van der Waals surface area (Å²) in [6, 6.07) is 6.03. The van der Waals surface area contributed by atoms with Crippen molar-refractivity contribution in [1.82, 2.24) is 14.3 Å². The fourth-order valence-corrected chi connectivity index (χ4v) is 4.81. The van der Waals surface area contributed by atoms with Crippen molar-refractivity contribution in [2.45, 2.75) is 44.6 Å². The predicted octanol–water partition coefficient (Wildman–Crippen LogP) is 1.72. The number of nitrogens with one attached hydrogen (secondary N) is 3. The summed E-state index contributed by atoms with van der Waals surface area (Å²) in [4.78, 5) is 24.9. The number of carbonyl (C=O) groups is 2. The maximum absolute atomic E-state index is 12.8. The highest BCUT2D eigenvalue weighted by molar-refractivity contribution is 7.87. The number of anilines is 1. The van der Waals surface area contributed by atoms with Crippen LogP contribution < -0.4 is 15.4 Å².